The standard InChI is InChI=1S/C13H18F3N3O/c1-8(10-6-17-18-7-10)19-12(20)9-3-2-4-11(5-9)13(14,15)16/h6-9,11H,2-5H2,1H3,(H,17,18)(H,19,20). The summed E-state index contributed by atoms with van der Waals surface area (Å²) in [6, 6.07) is -0.257. The van der Waals surface area contributed by atoms with Crippen molar-refractivity contribution in [2.75, 3.05) is 0 Å². The minimum atomic E-state index is -4.20. The van der Waals surface area contributed by atoms with Gasteiger partial charge in [0.1, 0.15) is 0 Å². The molecule has 7 heteroatoms. The molecule has 1 saturated carbocycles. The molecule has 112 valence electrons. The van der Waals surface area contributed by atoms with Gasteiger partial charge in [-0.2, -0.15) is 18.3 Å². The summed E-state index contributed by atoms with van der Waals surface area (Å²) in [7, 11) is 0. The van der Waals surface area contributed by atoms with Crippen LogP contribution >= 0.6 is 0 Å². The van der Waals surface area contributed by atoms with Crippen LogP contribution in [-0.4, -0.2) is 22.3 Å². The molecule has 0 bridgehead atoms. The van der Waals surface area contributed by atoms with Gasteiger partial charge in [0, 0.05) is 17.7 Å². The zero-order chi connectivity index (χ0) is 14.8. The Hall–Kier alpha value is -1.53. The van der Waals surface area contributed by atoms with Gasteiger partial charge >= 0.3 is 6.18 Å². The summed E-state index contributed by atoms with van der Waals surface area (Å²) >= 11 is 0. The van der Waals surface area contributed by atoms with Gasteiger partial charge in [-0.25, -0.2) is 0 Å². The highest BCUT2D eigenvalue weighted by molar-refractivity contribution is 5.79. The second-order valence-electron chi connectivity index (χ2n) is 5.36. The average Bonchev–Trinajstić information content (AvgIpc) is 2.91. The molecule has 0 spiro atoms. The van der Waals surface area contributed by atoms with E-state index in [1.165, 1.54) is 0 Å². The van der Waals surface area contributed by atoms with Crippen molar-refractivity contribution in [3.8, 4) is 0 Å². The number of rotatable bonds is 3. The summed E-state index contributed by atoms with van der Waals surface area (Å²) in [5.74, 6) is -2.20. The third-order valence-electron chi connectivity index (χ3n) is 3.89. The molecule has 1 aromatic rings. The third-order valence-corrected chi connectivity index (χ3v) is 3.89. The number of H-pyrrole nitrogens is 1. The zero-order valence-electron chi connectivity index (χ0n) is 11.2. The topological polar surface area (TPSA) is 57.8 Å². The first-order chi connectivity index (χ1) is 9.38. The average molecular weight is 289 g/mol. The van der Waals surface area contributed by atoms with E-state index in [1.807, 2.05) is 0 Å². The Bertz CT molecular complexity index is 444. The molecule has 2 rings (SSSR count). The summed E-state index contributed by atoms with van der Waals surface area (Å²) in [5.41, 5.74) is 0.807. The molecule has 1 aliphatic carbocycles. The summed E-state index contributed by atoms with van der Waals surface area (Å²) in [5, 5.41) is 9.18. The first-order valence-corrected chi connectivity index (χ1v) is 6.73. The number of carbonyl (C=O) groups excluding carboxylic acids is 1. The number of hydrogen-bond donors (Lipinski definition) is 2. The van der Waals surface area contributed by atoms with E-state index in [-0.39, 0.29) is 24.8 Å². The number of alkyl halides is 3. The number of hydrogen-bond acceptors (Lipinski definition) is 2. The first-order valence-electron chi connectivity index (χ1n) is 6.73. The lowest BCUT2D eigenvalue weighted by Gasteiger charge is -2.30. The fourth-order valence-corrected chi connectivity index (χ4v) is 2.64. The Balaban J connectivity index is 1.92. The van der Waals surface area contributed by atoms with Gasteiger partial charge in [0.2, 0.25) is 5.91 Å². The summed E-state index contributed by atoms with van der Waals surface area (Å²) in [6.07, 6.45) is 0.0423. The Morgan fingerprint density at radius 3 is 2.85 bits per heavy atom. The maximum Gasteiger partial charge on any atom is 0.391 e. The van der Waals surface area contributed by atoms with Crippen LogP contribution in [0.2, 0.25) is 0 Å². The molecule has 0 aromatic carbocycles. The van der Waals surface area contributed by atoms with Crippen LogP contribution in [-0.2, 0) is 4.79 Å². The number of nitrogens with one attached hydrogen (secondary N) is 2. The van der Waals surface area contributed by atoms with E-state index in [1.54, 1.807) is 19.3 Å². The van der Waals surface area contributed by atoms with Crippen molar-refractivity contribution in [3.63, 3.8) is 0 Å². The van der Waals surface area contributed by atoms with E-state index in [0.717, 1.165) is 5.56 Å². The largest absolute Gasteiger partial charge is 0.391 e. The fraction of sp³-hybridized carbons (Fsp3) is 0.692. The van der Waals surface area contributed by atoms with Gasteiger partial charge in [0.05, 0.1) is 18.2 Å². The molecular formula is C13H18F3N3O. The van der Waals surface area contributed by atoms with E-state index in [4.69, 9.17) is 0 Å². The lowest BCUT2D eigenvalue weighted by Crippen LogP contribution is -2.38. The van der Waals surface area contributed by atoms with Crippen LogP contribution in [0, 0.1) is 11.8 Å². The van der Waals surface area contributed by atoms with Gasteiger partial charge in [-0.05, 0) is 26.2 Å². The van der Waals surface area contributed by atoms with Gasteiger partial charge in [0.15, 0.2) is 0 Å². The Labute approximate surface area is 115 Å². The van der Waals surface area contributed by atoms with Gasteiger partial charge in [-0.1, -0.05) is 6.42 Å². The lowest BCUT2D eigenvalue weighted by molar-refractivity contribution is -0.186. The molecule has 3 unspecified atom stereocenters. The second-order valence-corrected chi connectivity index (χ2v) is 5.36. The predicted octanol–water partition coefficient (Wildman–Crippen LogP) is 2.96. The fourth-order valence-electron chi connectivity index (χ4n) is 2.64. The van der Waals surface area contributed by atoms with Crippen molar-refractivity contribution in [2.24, 2.45) is 11.8 Å². The van der Waals surface area contributed by atoms with Gasteiger partial charge < -0.3 is 5.32 Å². The maximum atomic E-state index is 12.7. The van der Waals surface area contributed by atoms with Crippen molar-refractivity contribution in [2.45, 2.75) is 44.8 Å². The van der Waals surface area contributed by atoms with E-state index in [2.05, 4.69) is 15.5 Å². The Morgan fingerprint density at radius 2 is 2.25 bits per heavy atom. The molecule has 20 heavy (non-hydrogen) atoms. The van der Waals surface area contributed by atoms with E-state index in [0.29, 0.717) is 12.8 Å². The predicted molar refractivity (Wildman–Crippen MR) is 66.6 cm³/mol. The monoisotopic (exact) mass is 289 g/mol. The van der Waals surface area contributed by atoms with Crippen LogP contribution in [0.25, 0.3) is 0 Å². The lowest BCUT2D eigenvalue weighted by atomic mass is 9.80. The molecule has 3 atom stereocenters. The van der Waals surface area contributed by atoms with Crippen molar-refractivity contribution in [3.05, 3.63) is 18.0 Å². The number of carbonyl (C=O) groups is 1. The second kappa shape index (κ2) is 5.85. The van der Waals surface area contributed by atoms with Gasteiger partial charge in [-0.15, -0.1) is 0 Å². The van der Waals surface area contributed by atoms with Crippen LogP contribution in [0.5, 0.6) is 0 Å². The minimum absolute atomic E-state index is 0.104. The van der Waals surface area contributed by atoms with Crippen molar-refractivity contribution >= 4 is 5.91 Å². The number of nitrogens with zero attached hydrogens (tertiary/aromatic N) is 1. The maximum absolute atomic E-state index is 12.7. The molecule has 4 nitrogen and oxygen atoms in total. The Morgan fingerprint density at radius 1 is 1.50 bits per heavy atom. The summed E-state index contributed by atoms with van der Waals surface area (Å²) in [6.45, 7) is 1.78. The number of halogens is 3. The van der Waals surface area contributed by atoms with E-state index >= 15 is 0 Å². The molecule has 1 heterocycles. The van der Waals surface area contributed by atoms with E-state index in [9.17, 15) is 18.0 Å². The smallest absolute Gasteiger partial charge is 0.349 e. The number of aromatic amines is 1. The van der Waals surface area contributed by atoms with Crippen LogP contribution in [0.4, 0.5) is 13.2 Å². The highest BCUT2D eigenvalue weighted by Crippen LogP contribution is 2.40. The van der Waals surface area contributed by atoms with Gasteiger partial charge in [0.25, 0.3) is 0 Å². The quantitative estimate of drug-likeness (QED) is 0.898. The van der Waals surface area contributed by atoms with Crippen LogP contribution in [0.15, 0.2) is 12.4 Å². The van der Waals surface area contributed by atoms with Gasteiger partial charge in [-0.3, -0.25) is 9.89 Å². The number of aromatic nitrogens is 2. The molecule has 0 radical (unpaired) electrons. The minimum Gasteiger partial charge on any atom is -0.349 e. The zero-order valence-corrected chi connectivity index (χ0v) is 11.2. The molecule has 1 fully saturated rings. The first kappa shape index (κ1) is 14.9. The van der Waals surface area contributed by atoms with Crippen molar-refractivity contribution in [1.82, 2.24) is 15.5 Å². The molecule has 0 saturated heterocycles. The highest BCUT2D eigenvalue weighted by Gasteiger charge is 2.43. The van der Waals surface area contributed by atoms with E-state index < -0.39 is 18.0 Å². The normalized spacial score (nSPS) is 25.2. The molecule has 0 aliphatic heterocycles. The van der Waals surface area contributed by atoms with Crippen LogP contribution < -0.4 is 5.32 Å². The SMILES string of the molecule is CC(NC(=O)C1CCCC(C(F)(F)F)C1)c1cn[nH]c1. The highest BCUT2D eigenvalue weighted by atomic mass is 19.4. The van der Waals surface area contributed by atoms with Crippen molar-refractivity contribution in [1.29, 1.82) is 0 Å². The third kappa shape index (κ3) is 3.52. The van der Waals surface area contributed by atoms with Crippen molar-refractivity contribution < 1.29 is 18.0 Å². The molecule has 1 aromatic heterocycles. The number of amides is 1. The molecule has 2 N–H and O–H groups in total. The molecular weight excluding hydrogens is 271 g/mol. The Kier molecular flexibility index (Phi) is 4.35. The summed E-state index contributed by atoms with van der Waals surface area (Å²) < 4.78 is 38.2. The van der Waals surface area contributed by atoms with Crippen LogP contribution in [0.3, 0.4) is 0 Å². The van der Waals surface area contributed by atoms with Crippen LogP contribution in [0.1, 0.15) is 44.2 Å². The summed E-state index contributed by atoms with van der Waals surface area (Å²) in [4.78, 5) is 12.1. The molecule has 1 amide bonds. The molecule has 1 aliphatic rings.